The normalized spacial score (nSPS) is 10.8. The molecule has 8 heteroatoms. The smallest absolute Gasteiger partial charge is 0.234 e. The number of carbonyl (C=O) groups excluding carboxylic acids is 1. The van der Waals surface area contributed by atoms with Crippen LogP contribution in [0.4, 0.5) is 10.1 Å². The van der Waals surface area contributed by atoms with Crippen LogP contribution >= 0.6 is 23.4 Å². The molecule has 0 radical (unpaired) electrons. The third kappa shape index (κ3) is 4.23. The van der Waals surface area contributed by atoms with Gasteiger partial charge in [0, 0.05) is 23.3 Å². The van der Waals surface area contributed by atoms with Crippen molar-refractivity contribution in [2.24, 2.45) is 7.05 Å². The molecule has 0 unspecified atom stereocenters. The van der Waals surface area contributed by atoms with Crippen LogP contribution in [0.5, 0.6) is 0 Å². The average Bonchev–Trinajstić information content (AvgIpc) is 2.97. The van der Waals surface area contributed by atoms with Gasteiger partial charge in [0.05, 0.1) is 5.75 Å². The van der Waals surface area contributed by atoms with Gasteiger partial charge in [-0.15, -0.1) is 10.2 Å². The predicted octanol–water partition coefficient (Wildman–Crippen LogP) is 4.31. The lowest BCUT2D eigenvalue weighted by Crippen LogP contribution is -2.15. The van der Waals surface area contributed by atoms with Crippen LogP contribution in [-0.2, 0) is 11.8 Å². The van der Waals surface area contributed by atoms with E-state index in [2.05, 4.69) is 15.5 Å². The molecular weight excluding hydrogens is 375 g/mol. The summed E-state index contributed by atoms with van der Waals surface area (Å²) in [7, 11) is 1.81. The molecule has 0 spiro atoms. The van der Waals surface area contributed by atoms with Crippen molar-refractivity contribution in [2.75, 3.05) is 11.1 Å². The lowest BCUT2D eigenvalue weighted by molar-refractivity contribution is -0.113. The van der Waals surface area contributed by atoms with E-state index >= 15 is 0 Å². The molecule has 0 atom stereocenters. The summed E-state index contributed by atoms with van der Waals surface area (Å²) in [5.74, 6) is 0.352. The van der Waals surface area contributed by atoms with Crippen molar-refractivity contribution >= 4 is 35.0 Å². The number of carbonyl (C=O) groups is 1. The molecule has 3 rings (SSSR count). The summed E-state index contributed by atoms with van der Waals surface area (Å²) in [6.07, 6.45) is 0. The van der Waals surface area contributed by atoms with Crippen molar-refractivity contribution in [2.45, 2.75) is 12.1 Å². The topological polar surface area (TPSA) is 59.8 Å². The van der Waals surface area contributed by atoms with Gasteiger partial charge in [-0.25, -0.2) is 4.39 Å². The molecule has 2 aromatic carbocycles. The Morgan fingerprint density at radius 1 is 1.23 bits per heavy atom. The number of rotatable bonds is 5. The van der Waals surface area contributed by atoms with Gasteiger partial charge in [-0.3, -0.25) is 4.79 Å². The van der Waals surface area contributed by atoms with Crippen LogP contribution < -0.4 is 5.32 Å². The van der Waals surface area contributed by atoms with E-state index in [1.54, 1.807) is 34.9 Å². The number of amides is 1. The van der Waals surface area contributed by atoms with E-state index in [9.17, 15) is 9.18 Å². The number of hydrogen-bond acceptors (Lipinski definition) is 4. The van der Waals surface area contributed by atoms with Crippen molar-refractivity contribution < 1.29 is 9.18 Å². The Balaban J connectivity index is 1.64. The molecule has 5 nitrogen and oxygen atoms in total. The Morgan fingerprint density at radius 3 is 2.65 bits per heavy atom. The molecule has 134 valence electrons. The second kappa shape index (κ2) is 7.88. The van der Waals surface area contributed by atoms with E-state index in [0.29, 0.717) is 16.0 Å². The van der Waals surface area contributed by atoms with Crippen LogP contribution in [0.15, 0.2) is 47.6 Å². The fourth-order valence-corrected chi connectivity index (χ4v) is 3.31. The van der Waals surface area contributed by atoms with Crippen molar-refractivity contribution in [1.29, 1.82) is 0 Å². The number of thioether (sulfide) groups is 1. The average molecular weight is 391 g/mol. The summed E-state index contributed by atoms with van der Waals surface area (Å²) in [6.45, 7) is 1.88. The van der Waals surface area contributed by atoms with Gasteiger partial charge in [0.25, 0.3) is 0 Å². The Morgan fingerprint density at radius 2 is 1.96 bits per heavy atom. The third-order valence-corrected chi connectivity index (χ3v) is 4.99. The van der Waals surface area contributed by atoms with E-state index in [4.69, 9.17) is 11.6 Å². The Hall–Kier alpha value is -2.38. The number of hydrogen-bond donors (Lipinski definition) is 1. The maximum Gasteiger partial charge on any atom is 0.234 e. The summed E-state index contributed by atoms with van der Waals surface area (Å²) >= 11 is 7.20. The number of nitrogens with zero attached hydrogens (tertiary/aromatic N) is 3. The van der Waals surface area contributed by atoms with E-state index in [-0.39, 0.29) is 17.5 Å². The maximum absolute atomic E-state index is 13.0. The summed E-state index contributed by atoms with van der Waals surface area (Å²) < 4.78 is 14.8. The molecule has 0 aliphatic heterocycles. The third-order valence-electron chi connectivity index (χ3n) is 3.73. The molecule has 0 bridgehead atoms. The van der Waals surface area contributed by atoms with E-state index in [0.717, 1.165) is 16.8 Å². The molecular formula is C18H16ClFN4OS. The molecule has 0 saturated carbocycles. The van der Waals surface area contributed by atoms with Crippen LogP contribution in [-0.4, -0.2) is 26.4 Å². The molecule has 0 saturated heterocycles. The monoisotopic (exact) mass is 390 g/mol. The highest BCUT2D eigenvalue weighted by Gasteiger charge is 2.13. The zero-order chi connectivity index (χ0) is 18.7. The first-order valence-corrected chi connectivity index (χ1v) is 9.14. The molecule has 26 heavy (non-hydrogen) atoms. The molecule has 1 amide bonds. The number of benzene rings is 2. The van der Waals surface area contributed by atoms with E-state index in [1.807, 2.05) is 14.0 Å². The summed E-state index contributed by atoms with van der Waals surface area (Å²) in [5.41, 5.74) is 2.38. The van der Waals surface area contributed by atoms with Gasteiger partial charge in [-0.1, -0.05) is 23.4 Å². The lowest BCUT2D eigenvalue weighted by Gasteiger charge is -2.08. The van der Waals surface area contributed by atoms with Crippen LogP contribution in [0.25, 0.3) is 11.4 Å². The number of nitrogens with one attached hydrogen (secondary N) is 1. The number of anilines is 1. The lowest BCUT2D eigenvalue weighted by atomic mass is 10.2. The molecule has 0 aliphatic carbocycles. The van der Waals surface area contributed by atoms with Crippen molar-refractivity contribution in [3.8, 4) is 11.4 Å². The second-order valence-electron chi connectivity index (χ2n) is 5.67. The fraction of sp³-hybridized carbons (Fsp3) is 0.167. The highest BCUT2D eigenvalue weighted by Crippen LogP contribution is 2.24. The van der Waals surface area contributed by atoms with Crippen LogP contribution in [0.2, 0.25) is 5.02 Å². The zero-order valence-electron chi connectivity index (χ0n) is 14.2. The molecule has 1 aromatic heterocycles. The Labute approximate surface area is 159 Å². The van der Waals surface area contributed by atoms with E-state index in [1.165, 1.54) is 23.9 Å². The van der Waals surface area contributed by atoms with Crippen LogP contribution in [0.1, 0.15) is 5.56 Å². The first-order chi connectivity index (χ1) is 12.4. The van der Waals surface area contributed by atoms with Crippen molar-refractivity contribution in [1.82, 2.24) is 14.8 Å². The van der Waals surface area contributed by atoms with Gasteiger partial charge >= 0.3 is 0 Å². The van der Waals surface area contributed by atoms with Gasteiger partial charge in [-0.05, 0) is 55.0 Å². The number of aromatic nitrogens is 3. The fourth-order valence-electron chi connectivity index (χ4n) is 2.37. The highest BCUT2D eigenvalue weighted by atomic mass is 35.5. The van der Waals surface area contributed by atoms with Gasteiger partial charge in [0.1, 0.15) is 5.82 Å². The quantitative estimate of drug-likeness (QED) is 0.659. The standard InChI is InChI=1S/C18H16ClFN4OS/c1-11-9-13(19)5-8-15(11)21-16(25)10-26-18-23-22-17(24(18)2)12-3-6-14(20)7-4-12/h3-9H,10H2,1-2H3,(H,21,25). The molecule has 0 aliphatic rings. The van der Waals surface area contributed by atoms with Gasteiger partial charge in [0.2, 0.25) is 5.91 Å². The minimum absolute atomic E-state index is 0.147. The Kier molecular flexibility index (Phi) is 5.58. The summed E-state index contributed by atoms with van der Waals surface area (Å²) in [5, 5.41) is 12.3. The largest absolute Gasteiger partial charge is 0.325 e. The SMILES string of the molecule is Cc1cc(Cl)ccc1NC(=O)CSc1nnc(-c2ccc(F)cc2)n1C. The number of aryl methyl sites for hydroxylation is 1. The summed E-state index contributed by atoms with van der Waals surface area (Å²) in [6, 6.07) is 11.3. The second-order valence-corrected chi connectivity index (χ2v) is 7.05. The summed E-state index contributed by atoms with van der Waals surface area (Å²) in [4.78, 5) is 12.2. The minimum Gasteiger partial charge on any atom is -0.325 e. The molecule has 1 heterocycles. The van der Waals surface area contributed by atoms with Crippen LogP contribution in [0.3, 0.4) is 0 Å². The first kappa shape index (κ1) is 18.4. The van der Waals surface area contributed by atoms with Crippen molar-refractivity contribution in [3.63, 3.8) is 0 Å². The number of halogens is 2. The first-order valence-electron chi connectivity index (χ1n) is 7.78. The predicted molar refractivity (Wildman–Crippen MR) is 102 cm³/mol. The zero-order valence-corrected chi connectivity index (χ0v) is 15.7. The van der Waals surface area contributed by atoms with Crippen LogP contribution in [0, 0.1) is 12.7 Å². The minimum atomic E-state index is -0.306. The maximum atomic E-state index is 13.0. The molecule has 0 fully saturated rings. The highest BCUT2D eigenvalue weighted by molar-refractivity contribution is 7.99. The van der Waals surface area contributed by atoms with Gasteiger partial charge in [0.15, 0.2) is 11.0 Å². The molecule has 1 N–H and O–H groups in total. The Bertz CT molecular complexity index is 943. The van der Waals surface area contributed by atoms with Crippen molar-refractivity contribution in [3.05, 3.63) is 58.9 Å². The molecule has 3 aromatic rings. The van der Waals surface area contributed by atoms with Gasteiger partial charge in [-0.2, -0.15) is 0 Å². The van der Waals surface area contributed by atoms with Gasteiger partial charge < -0.3 is 9.88 Å². The van der Waals surface area contributed by atoms with E-state index < -0.39 is 0 Å².